The second-order valence-corrected chi connectivity index (χ2v) is 13.4. The van der Waals surface area contributed by atoms with Gasteiger partial charge in [-0.25, -0.2) is 9.67 Å². The fourth-order valence-electron chi connectivity index (χ4n) is 6.73. The number of aromatic nitrogens is 4. The van der Waals surface area contributed by atoms with Crippen molar-refractivity contribution in [2.75, 3.05) is 0 Å². The van der Waals surface area contributed by atoms with Crippen molar-refractivity contribution in [1.29, 1.82) is 0 Å². The molecular formula is C43H44N4O. The molecule has 0 bridgehead atoms. The zero-order valence-corrected chi connectivity index (χ0v) is 28.6. The molecular weight excluding hydrogens is 589 g/mol. The van der Waals surface area contributed by atoms with Crippen LogP contribution in [0.2, 0.25) is 0 Å². The van der Waals surface area contributed by atoms with Crippen LogP contribution in [0.5, 0.6) is 11.5 Å². The van der Waals surface area contributed by atoms with E-state index in [9.17, 15) is 0 Å². The van der Waals surface area contributed by atoms with E-state index in [1.165, 1.54) is 51.4 Å². The molecule has 7 rings (SSSR count). The van der Waals surface area contributed by atoms with Gasteiger partial charge in [0.15, 0.2) is 0 Å². The smallest absolute Gasteiger partial charge is 0.137 e. The fourth-order valence-corrected chi connectivity index (χ4v) is 6.73. The first-order valence-corrected chi connectivity index (χ1v) is 17.3. The van der Waals surface area contributed by atoms with E-state index >= 15 is 0 Å². The summed E-state index contributed by atoms with van der Waals surface area (Å²) in [5.74, 6) is 3.67. The number of pyridine rings is 1. The molecule has 7 aromatic rings. The Morgan fingerprint density at radius 3 is 2.17 bits per heavy atom. The van der Waals surface area contributed by atoms with Crippen LogP contribution < -0.4 is 4.74 Å². The van der Waals surface area contributed by atoms with Gasteiger partial charge in [-0.1, -0.05) is 83.0 Å². The number of ether oxygens (including phenoxy) is 1. The minimum absolute atomic E-state index is 0.625. The first-order chi connectivity index (χ1) is 23.4. The third-order valence-electron chi connectivity index (χ3n) is 9.73. The van der Waals surface area contributed by atoms with Gasteiger partial charge < -0.3 is 4.74 Å². The Labute approximate surface area is 283 Å². The second kappa shape index (κ2) is 13.5. The Bertz CT molecular complexity index is 2180. The Morgan fingerprint density at radius 1 is 0.708 bits per heavy atom. The molecule has 3 heterocycles. The summed E-state index contributed by atoms with van der Waals surface area (Å²) in [6, 6.07) is 34.0. The SMILES string of the molecule is CCC(C)Cc1cccc(CC(C)CC)c1-c1cnn(-c2cccc(Oc3ccc4c5ccccc5n(-c5cc(C)ccn5)c4c3)c2)c1. The molecule has 0 radical (unpaired) electrons. The third-order valence-corrected chi connectivity index (χ3v) is 9.73. The van der Waals surface area contributed by atoms with Gasteiger partial charge in [0.25, 0.3) is 0 Å². The fraction of sp³-hybridized carbons (Fsp3) is 0.256. The highest BCUT2D eigenvalue weighted by atomic mass is 16.5. The summed E-state index contributed by atoms with van der Waals surface area (Å²) < 4.78 is 10.7. The molecule has 3 aromatic heterocycles. The van der Waals surface area contributed by atoms with E-state index in [1.54, 1.807) is 0 Å². The zero-order chi connectivity index (χ0) is 33.2. The molecule has 0 amide bonds. The van der Waals surface area contributed by atoms with Crippen molar-refractivity contribution in [2.24, 2.45) is 11.8 Å². The van der Waals surface area contributed by atoms with Gasteiger partial charge in [-0.05, 0) is 96.3 Å². The lowest BCUT2D eigenvalue weighted by Gasteiger charge is -2.18. The number of fused-ring (bicyclic) bond motifs is 3. The van der Waals surface area contributed by atoms with Crippen molar-refractivity contribution in [3.05, 3.63) is 132 Å². The lowest BCUT2D eigenvalue weighted by atomic mass is 9.86. The number of rotatable bonds is 11. The average molecular weight is 633 g/mol. The van der Waals surface area contributed by atoms with Crippen LogP contribution in [-0.4, -0.2) is 19.3 Å². The van der Waals surface area contributed by atoms with Crippen molar-refractivity contribution in [2.45, 2.75) is 60.3 Å². The maximum Gasteiger partial charge on any atom is 0.137 e. The maximum absolute atomic E-state index is 6.53. The molecule has 2 atom stereocenters. The molecule has 0 N–H and O–H groups in total. The molecule has 2 unspecified atom stereocenters. The van der Waals surface area contributed by atoms with E-state index in [0.29, 0.717) is 11.8 Å². The Morgan fingerprint density at radius 2 is 1.42 bits per heavy atom. The number of hydrogen-bond donors (Lipinski definition) is 0. The molecule has 0 saturated heterocycles. The summed E-state index contributed by atoms with van der Waals surface area (Å²) in [4.78, 5) is 4.72. The number of hydrogen-bond acceptors (Lipinski definition) is 3. The number of benzene rings is 4. The van der Waals surface area contributed by atoms with Crippen LogP contribution in [0.3, 0.4) is 0 Å². The van der Waals surface area contributed by atoms with E-state index in [2.05, 4.69) is 124 Å². The molecule has 0 spiro atoms. The van der Waals surface area contributed by atoms with Crippen LogP contribution >= 0.6 is 0 Å². The van der Waals surface area contributed by atoms with Crippen LogP contribution in [0.1, 0.15) is 57.2 Å². The maximum atomic E-state index is 6.53. The Hall–Kier alpha value is -5.16. The average Bonchev–Trinajstić information content (AvgIpc) is 3.71. The summed E-state index contributed by atoms with van der Waals surface area (Å²) >= 11 is 0. The van der Waals surface area contributed by atoms with Crippen LogP contribution in [-0.2, 0) is 12.8 Å². The van der Waals surface area contributed by atoms with Gasteiger partial charge in [0, 0.05) is 40.9 Å². The molecule has 0 aliphatic rings. The van der Waals surface area contributed by atoms with Gasteiger partial charge in [0.2, 0.25) is 0 Å². The lowest BCUT2D eigenvalue weighted by Crippen LogP contribution is -2.05. The van der Waals surface area contributed by atoms with Crippen LogP contribution in [0.25, 0.3) is 44.4 Å². The lowest BCUT2D eigenvalue weighted by molar-refractivity contribution is 0.483. The predicted octanol–water partition coefficient (Wildman–Crippen LogP) is 11.3. The van der Waals surface area contributed by atoms with Gasteiger partial charge in [-0.3, -0.25) is 4.57 Å². The van der Waals surface area contributed by atoms with Gasteiger partial charge >= 0.3 is 0 Å². The van der Waals surface area contributed by atoms with Crippen molar-refractivity contribution in [3.8, 4) is 34.1 Å². The molecule has 0 saturated carbocycles. The zero-order valence-electron chi connectivity index (χ0n) is 28.6. The van der Waals surface area contributed by atoms with Crippen LogP contribution in [0, 0.1) is 18.8 Å². The van der Waals surface area contributed by atoms with Gasteiger partial charge in [-0.15, -0.1) is 0 Å². The van der Waals surface area contributed by atoms with E-state index < -0.39 is 0 Å². The topological polar surface area (TPSA) is 44.9 Å². The molecule has 0 fully saturated rings. The van der Waals surface area contributed by atoms with Gasteiger partial charge in [-0.2, -0.15) is 5.10 Å². The molecule has 4 aromatic carbocycles. The molecule has 0 aliphatic carbocycles. The third kappa shape index (κ3) is 6.25. The van der Waals surface area contributed by atoms with Gasteiger partial charge in [0.1, 0.15) is 17.3 Å². The molecule has 5 heteroatoms. The first-order valence-electron chi connectivity index (χ1n) is 17.3. The normalized spacial score (nSPS) is 12.9. The number of aryl methyl sites for hydroxylation is 1. The first kappa shape index (κ1) is 31.4. The van der Waals surface area contributed by atoms with Crippen molar-refractivity contribution >= 4 is 21.8 Å². The summed E-state index contributed by atoms with van der Waals surface area (Å²) in [5, 5.41) is 7.22. The van der Waals surface area contributed by atoms with E-state index in [1.807, 2.05) is 35.3 Å². The monoisotopic (exact) mass is 632 g/mol. The van der Waals surface area contributed by atoms with Crippen LogP contribution in [0.4, 0.5) is 0 Å². The summed E-state index contributed by atoms with van der Waals surface area (Å²) in [6.07, 6.45) is 10.5. The van der Waals surface area contributed by atoms with Crippen LogP contribution in [0.15, 0.2) is 116 Å². The molecule has 5 nitrogen and oxygen atoms in total. The van der Waals surface area contributed by atoms with Crippen molar-refractivity contribution < 1.29 is 4.74 Å². The van der Waals surface area contributed by atoms with E-state index in [-0.39, 0.29) is 0 Å². The Kier molecular flexibility index (Phi) is 8.86. The largest absolute Gasteiger partial charge is 0.457 e. The highest BCUT2D eigenvalue weighted by Gasteiger charge is 2.17. The number of para-hydroxylation sites is 1. The summed E-state index contributed by atoms with van der Waals surface area (Å²) in [7, 11) is 0. The van der Waals surface area contributed by atoms with Crippen molar-refractivity contribution in [3.63, 3.8) is 0 Å². The molecule has 0 aliphatic heterocycles. The second-order valence-electron chi connectivity index (χ2n) is 13.4. The molecule has 48 heavy (non-hydrogen) atoms. The van der Waals surface area contributed by atoms with E-state index in [4.69, 9.17) is 14.8 Å². The highest BCUT2D eigenvalue weighted by molar-refractivity contribution is 6.09. The van der Waals surface area contributed by atoms with E-state index in [0.717, 1.165) is 46.9 Å². The van der Waals surface area contributed by atoms with Gasteiger partial charge in [0.05, 0.1) is 22.9 Å². The number of nitrogens with zero attached hydrogens (tertiary/aromatic N) is 4. The quantitative estimate of drug-likeness (QED) is 0.143. The summed E-state index contributed by atoms with van der Waals surface area (Å²) in [5.41, 5.74) is 9.65. The van der Waals surface area contributed by atoms with Crippen molar-refractivity contribution in [1.82, 2.24) is 19.3 Å². The summed E-state index contributed by atoms with van der Waals surface area (Å²) in [6.45, 7) is 11.3. The minimum Gasteiger partial charge on any atom is -0.457 e. The highest BCUT2D eigenvalue weighted by Crippen LogP contribution is 2.36. The molecule has 242 valence electrons. The Balaban J connectivity index is 1.22. The standard InChI is InChI=1S/C43H44N4O/c1-6-29(3)22-32-12-10-13-33(23-30(4)7-2)43(32)34-27-45-46(28-34)35-14-11-15-36(25-35)48-37-18-19-39-38-16-8-9-17-40(38)47(41(39)26-37)42-24-31(5)20-21-44-42/h8-21,24-30H,6-7,22-23H2,1-5H3. The predicted molar refractivity (Wildman–Crippen MR) is 199 cm³/mol. The minimum atomic E-state index is 0.625.